The maximum atomic E-state index is 11.7. The molecular formula is C24H26Cl2N8O2. The van der Waals surface area contributed by atoms with E-state index >= 15 is 0 Å². The maximum absolute atomic E-state index is 11.7. The number of fused-ring (bicyclic) bond motifs is 1. The number of nitriles is 1. The van der Waals surface area contributed by atoms with Crippen molar-refractivity contribution < 1.29 is 9.53 Å². The smallest absolute Gasteiger partial charge is 0.224 e. The molecule has 1 aromatic carbocycles. The molecule has 36 heavy (non-hydrogen) atoms. The fourth-order valence-corrected chi connectivity index (χ4v) is 5.31. The topological polar surface area (TPSA) is 144 Å². The highest BCUT2D eigenvalue weighted by molar-refractivity contribution is 6.44. The number of nitrogens with zero attached hydrogens (tertiary/aromatic N) is 5. The van der Waals surface area contributed by atoms with E-state index in [4.69, 9.17) is 43.6 Å². The summed E-state index contributed by atoms with van der Waals surface area (Å²) in [5.41, 5.74) is 7.68. The molecule has 3 heterocycles. The maximum Gasteiger partial charge on any atom is 0.224 e. The minimum absolute atomic E-state index is 0.0477. The fraction of sp³-hybridized carbons (Fsp3) is 0.458. The summed E-state index contributed by atoms with van der Waals surface area (Å²) in [4.78, 5) is 25.8. The van der Waals surface area contributed by atoms with E-state index in [1.165, 1.54) is 0 Å². The largest absolute Gasteiger partial charge is 0.381 e. The second kappa shape index (κ2) is 10.5. The molecule has 0 bridgehead atoms. The summed E-state index contributed by atoms with van der Waals surface area (Å²) in [5.74, 6) is 0.686. The third-order valence-electron chi connectivity index (χ3n) is 6.90. The lowest BCUT2D eigenvalue weighted by molar-refractivity contribution is -0.122. The van der Waals surface area contributed by atoms with E-state index in [1.54, 1.807) is 18.3 Å². The van der Waals surface area contributed by atoms with Crippen LogP contribution >= 0.6 is 23.2 Å². The molecular weight excluding hydrogens is 503 g/mol. The number of halogens is 2. The molecule has 12 heteroatoms. The number of carbonyl (C=O) groups excluding carboxylic acids is 1. The van der Waals surface area contributed by atoms with Crippen LogP contribution in [0.2, 0.25) is 10.0 Å². The van der Waals surface area contributed by atoms with Crippen LogP contribution < -0.4 is 16.4 Å². The Morgan fingerprint density at radius 1 is 1.11 bits per heavy atom. The van der Waals surface area contributed by atoms with E-state index in [1.807, 2.05) is 10.6 Å². The van der Waals surface area contributed by atoms with Gasteiger partial charge in [-0.15, -0.1) is 0 Å². The van der Waals surface area contributed by atoms with E-state index in [0.29, 0.717) is 60.4 Å². The monoisotopic (exact) mass is 528 g/mol. The Balaban J connectivity index is 1.52. The highest BCUT2D eigenvalue weighted by Crippen LogP contribution is 2.39. The number of rotatable bonds is 6. The van der Waals surface area contributed by atoms with Crippen LogP contribution in [-0.4, -0.2) is 44.7 Å². The lowest BCUT2D eigenvalue weighted by Gasteiger charge is -2.29. The first kappa shape index (κ1) is 24.6. The highest BCUT2D eigenvalue weighted by atomic mass is 35.5. The fourth-order valence-electron chi connectivity index (χ4n) is 4.89. The van der Waals surface area contributed by atoms with Crippen molar-refractivity contribution in [1.82, 2.24) is 19.5 Å². The molecule has 1 aliphatic heterocycles. The number of nitrogens with one attached hydrogen (secondary N) is 2. The first-order chi connectivity index (χ1) is 17.4. The highest BCUT2D eigenvalue weighted by Gasteiger charge is 2.29. The summed E-state index contributed by atoms with van der Waals surface area (Å²) in [6.45, 7) is 1.42. The second-order valence-corrected chi connectivity index (χ2v) is 9.93. The van der Waals surface area contributed by atoms with Gasteiger partial charge in [-0.25, -0.2) is 9.97 Å². The Morgan fingerprint density at radius 2 is 1.86 bits per heavy atom. The third kappa shape index (κ3) is 4.91. The molecule has 2 fully saturated rings. The van der Waals surface area contributed by atoms with E-state index < -0.39 is 0 Å². The molecule has 2 aromatic heterocycles. The number of nitrogens with two attached hydrogens (primary N) is 1. The molecule has 0 atom stereocenters. The SMILES string of the molecule is N#Cc1ccc(Nc2nc3cnc(NC4CCOCC4)nc3n2[C@H]2CC[C@H](C(N)=O)CC2)c(Cl)c1Cl. The van der Waals surface area contributed by atoms with E-state index in [-0.39, 0.29) is 34.0 Å². The predicted molar refractivity (Wildman–Crippen MR) is 137 cm³/mol. The minimum atomic E-state index is -0.258. The number of benzene rings is 1. The van der Waals surface area contributed by atoms with Gasteiger partial charge in [0.15, 0.2) is 5.65 Å². The summed E-state index contributed by atoms with van der Waals surface area (Å²) in [6.07, 6.45) is 6.38. The van der Waals surface area contributed by atoms with Gasteiger partial charge in [-0.05, 0) is 50.7 Å². The van der Waals surface area contributed by atoms with Crippen LogP contribution in [0.3, 0.4) is 0 Å². The molecule has 3 aromatic rings. The predicted octanol–water partition coefficient (Wildman–Crippen LogP) is 4.56. The summed E-state index contributed by atoms with van der Waals surface area (Å²) in [6, 6.07) is 5.63. The van der Waals surface area contributed by atoms with Crippen molar-refractivity contribution in [2.75, 3.05) is 23.8 Å². The zero-order valence-corrected chi connectivity index (χ0v) is 21.0. The van der Waals surface area contributed by atoms with Crippen molar-refractivity contribution in [2.45, 2.75) is 50.6 Å². The van der Waals surface area contributed by atoms with Gasteiger partial charge < -0.3 is 21.1 Å². The van der Waals surface area contributed by atoms with Crippen LogP contribution in [-0.2, 0) is 9.53 Å². The number of carbonyl (C=O) groups is 1. The molecule has 1 saturated heterocycles. The molecule has 0 unspecified atom stereocenters. The first-order valence-electron chi connectivity index (χ1n) is 12.0. The number of aromatic nitrogens is 4. The summed E-state index contributed by atoms with van der Waals surface area (Å²) < 4.78 is 7.50. The molecule has 1 aliphatic carbocycles. The Morgan fingerprint density at radius 3 is 2.56 bits per heavy atom. The molecule has 4 N–H and O–H groups in total. The van der Waals surface area contributed by atoms with Crippen LogP contribution in [0.5, 0.6) is 0 Å². The normalized spacial score (nSPS) is 20.7. The van der Waals surface area contributed by atoms with Gasteiger partial charge in [-0.1, -0.05) is 23.2 Å². The summed E-state index contributed by atoms with van der Waals surface area (Å²) in [7, 11) is 0. The molecule has 5 rings (SSSR count). The van der Waals surface area contributed by atoms with E-state index in [0.717, 1.165) is 25.7 Å². The summed E-state index contributed by atoms with van der Waals surface area (Å²) >= 11 is 12.8. The minimum Gasteiger partial charge on any atom is -0.381 e. The standard InChI is InChI=1S/C24H26Cl2N8O2/c25-19-14(11-27)3-6-17(20(19)26)31-24-32-18-12-29-23(30-15-7-9-36-10-8-15)33-22(18)34(24)16-4-1-13(2-5-16)21(28)35/h3,6,12-13,15-16H,1-2,4-5,7-10H2,(H2,28,35)(H,31,32)(H,29,30,33)/t13-,16-. The van der Waals surface area contributed by atoms with Gasteiger partial charge >= 0.3 is 0 Å². The molecule has 188 valence electrons. The second-order valence-electron chi connectivity index (χ2n) is 9.17. The average Bonchev–Trinajstić information content (AvgIpc) is 3.24. The van der Waals surface area contributed by atoms with Crippen molar-refractivity contribution in [3.8, 4) is 6.07 Å². The van der Waals surface area contributed by atoms with Crippen molar-refractivity contribution in [3.63, 3.8) is 0 Å². The van der Waals surface area contributed by atoms with Crippen LogP contribution in [0, 0.1) is 17.2 Å². The van der Waals surface area contributed by atoms with Gasteiger partial charge in [0.05, 0.1) is 27.5 Å². The first-order valence-corrected chi connectivity index (χ1v) is 12.7. The van der Waals surface area contributed by atoms with E-state index in [2.05, 4.69) is 15.6 Å². The van der Waals surface area contributed by atoms with Crippen molar-refractivity contribution in [2.24, 2.45) is 11.7 Å². The number of hydrogen-bond acceptors (Lipinski definition) is 8. The molecule has 0 spiro atoms. The zero-order chi connectivity index (χ0) is 25.2. The van der Waals surface area contributed by atoms with Gasteiger partial charge in [-0.3, -0.25) is 9.36 Å². The summed E-state index contributed by atoms with van der Waals surface area (Å²) in [5, 5.41) is 16.4. The quantitative estimate of drug-likeness (QED) is 0.422. The van der Waals surface area contributed by atoms with Gasteiger partial charge in [0.25, 0.3) is 0 Å². The molecule has 1 amide bonds. The van der Waals surface area contributed by atoms with Gasteiger partial charge in [0.2, 0.25) is 17.8 Å². The van der Waals surface area contributed by atoms with Gasteiger partial charge in [-0.2, -0.15) is 10.2 Å². The van der Waals surface area contributed by atoms with Gasteiger partial charge in [0, 0.05) is 31.2 Å². The molecule has 10 nitrogen and oxygen atoms in total. The Kier molecular flexibility index (Phi) is 7.14. The van der Waals surface area contributed by atoms with Crippen LogP contribution in [0.4, 0.5) is 17.6 Å². The molecule has 0 radical (unpaired) electrons. The van der Waals surface area contributed by atoms with Crippen molar-refractivity contribution in [1.29, 1.82) is 5.26 Å². The Labute approximate surface area is 218 Å². The number of hydrogen-bond donors (Lipinski definition) is 3. The number of amides is 1. The number of primary amides is 1. The van der Waals surface area contributed by atoms with E-state index in [9.17, 15) is 10.1 Å². The van der Waals surface area contributed by atoms with Crippen LogP contribution in [0.1, 0.15) is 50.1 Å². The molecule has 1 saturated carbocycles. The Hall–Kier alpha value is -3.13. The lowest BCUT2D eigenvalue weighted by atomic mass is 9.85. The third-order valence-corrected chi connectivity index (χ3v) is 7.78. The number of imidazole rings is 1. The number of ether oxygens (including phenoxy) is 1. The Bertz CT molecular complexity index is 1320. The zero-order valence-electron chi connectivity index (χ0n) is 19.5. The molecule has 2 aliphatic rings. The van der Waals surface area contributed by atoms with Crippen LogP contribution in [0.25, 0.3) is 11.2 Å². The van der Waals surface area contributed by atoms with Crippen LogP contribution in [0.15, 0.2) is 18.3 Å². The average molecular weight is 529 g/mol. The number of anilines is 3. The van der Waals surface area contributed by atoms with Crippen molar-refractivity contribution in [3.05, 3.63) is 33.9 Å². The van der Waals surface area contributed by atoms with Crippen molar-refractivity contribution >= 4 is 57.9 Å². The lowest BCUT2D eigenvalue weighted by Crippen LogP contribution is -2.29. The van der Waals surface area contributed by atoms with Gasteiger partial charge in [0.1, 0.15) is 11.6 Å².